The van der Waals surface area contributed by atoms with Crippen molar-refractivity contribution in [1.29, 1.82) is 0 Å². The van der Waals surface area contributed by atoms with E-state index in [1.165, 1.54) is 0 Å². The van der Waals surface area contributed by atoms with E-state index in [1.807, 2.05) is 17.8 Å². The fourth-order valence-electron chi connectivity index (χ4n) is 1.22. The van der Waals surface area contributed by atoms with E-state index in [0.717, 1.165) is 5.82 Å². The molecule has 0 bridgehead atoms. The van der Waals surface area contributed by atoms with Gasteiger partial charge in [0, 0.05) is 26.0 Å². The molecule has 7 nitrogen and oxygen atoms in total. The summed E-state index contributed by atoms with van der Waals surface area (Å²) < 4.78 is 3.50. The summed E-state index contributed by atoms with van der Waals surface area (Å²) in [6.45, 7) is 1.09. The van der Waals surface area contributed by atoms with E-state index in [-0.39, 0.29) is 0 Å². The molecule has 2 heterocycles. The molecule has 0 aliphatic rings. The van der Waals surface area contributed by atoms with Crippen LogP contribution in [0.15, 0.2) is 12.4 Å². The number of hydrogen-bond acceptors (Lipinski definition) is 5. The molecule has 0 aliphatic heterocycles. The summed E-state index contributed by atoms with van der Waals surface area (Å²) >= 11 is 0. The van der Waals surface area contributed by atoms with E-state index >= 15 is 0 Å². The van der Waals surface area contributed by atoms with Crippen LogP contribution in [0, 0.1) is 0 Å². The van der Waals surface area contributed by atoms with E-state index < -0.39 is 0 Å². The van der Waals surface area contributed by atoms with Crippen molar-refractivity contribution < 1.29 is 0 Å². The highest BCUT2D eigenvalue weighted by atomic mass is 15.5. The van der Waals surface area contributed by atoms with Gasteiger partial charge < -0.3 is 10.3 Å². The minimum absolute atomic E-state index is 0.502. The van der Waals surface area contributed by atoms with Crippen LogP contribution >= 0.6 is 0 Å². The van der Waals surface area contributed by atoms with Crippen LogP contribution in [0.3, 0.4) is 0 Å². The lowest BCUT2D eigenvalue weighted by Crippen LogP contribution is -2.13. The Balaban J connectivity index is 2.41. The molecule has 2 aromatic heterocycles. The summed E-state index contributed by atoms with van der Waals surface area (Å²) in [4.78, 5) is 4.16. The molecule has 0 radical (unpaired) electrons. The number of nitrogens with zero attached hydrogens (tertiary/aromatic N) is 6. The Labute approximate surface area is 80.5 Å². The van der Waals surface area contributed by atoms with Crippen molar-refractivity contribution in [2.75, 3.05) is 6.54 Å². The van der Waals surface area contributed by atoms with Gasteiger partial charge in [-0.15, -0.1) is 5.10 Å². The maximum Gasteiger partial charge on any atom is 0.218 e. The van der Waals surface area contributed by atoms with Crippen molar-refractivity contribution >= 4 is 0 Å². The van der Waals surface area contributed by atoms with E-state index in [2.05, 4.69) is 20.5 Å². The molecule has 0 saturated carbocycles. The molecule has 74 valence electrons. The van der Waals surface area contributed by atoms with Gasteiger partial charge in [-0.2, -0.15) is 0 Å². The van der Waals surface area contributed by atoms with Crippen LogP contribution in [-0.2, 0) is 13.6 Å². The van der Waals surface area contributed by atoms with Gasteiger partial charge in [0.25, 0.3) is 0 Å². The monoisotopic (exact) mass is 193 g/mol. The fraction of sp³-hybridized carbons (Fsp3) is 0.429. The van der Waals surface area contributed by atoms with Gasteiger partial charge in [-0.25, -0.2) is 9.67 Å². The smallest absolute Gasteiger partial charge is 0.218 e. The maximum absolute atomic E-state index is 5.44. The van der Waals surface area contributed by atoms with Crippen LogP contribution in [0.2, 0.25) is 0 Å². The Hall–Kier alpha value is -1.76. The largest absolute Gasteiger partial charge is 0.331 e. The Morgan fingerprint density at radius 1 is 1.43 bits per heavy atom. The molecule has 0 spiro atoms. The lowest BCUT2D eigenvalue weighted by Gasteiger charge is -2.01. The molecule has 0 fully saturated rings. The van der Waals surface area contributed by atoms with Gasteiger partial charge >= 0.3 is 0 Å². The van der Waals surface area contributed by atoms with Gasteiger partial charge in [0.2, 0.25) is 5.82 Å². The third-order valence-electron chi connectivity index (χ3n) is 1.89. The molecule has 14 heavy (non-hydrogen) atoms. The minimum atomic E-state index is 0.502. The average Bonchev–Trinajstić information content (AvgIpc) is 2.74. The molecule has 7 heteroatoms. The third-order valence-corrected chi connectivity index (χ3v) is 1.89. The van der Waals surface area contributed by atoms with E-state index in [1.54, 1.807) is 10.9 Å². The Morgan fingerprint density at radius 2 is 2.29 bits per heavy atom. The summed E-state index contributed by atoms with van der Waals surface area (Å²) in [6, 6.07) is 0. The quantitative estimate of drug-likeness (QED) is 0.677. The zero-order chi connectivity index (χ0) is 9.97. The van der Waals surface area contributed by atoms with Crippen molar-refractivity contribution in [3.05, 3.63) is 12.4 Å². The van der Waals surface area contributed by atoms with Crippen molar-refractivity contribution in [3.63, 3.8) is 0 Å². The summed E-state index contributed by atoms with van der Waals surface area (Å²) in [5.74, 6) is 1.38. The van der Waals surface area contributed by atoms with Crippen LogP contribution in [0.5, 0.6) is 0 Å². The second kappa shape index (κ2) is 3.54. The average molecular weight is 193 g/mol. The Bertz CT molecular complexity index is 415. The Kier molecular flexibility index (Phi) is 2.23. The van der Waals surface area contributed by atoms with E-state index in [4.69, 9.17) is 5.73 Å². The highest BCUT2D eigenvalue weighted by molar-refractivity contribution is 5.42. The number of tetrazole rings is 1. The zero-order valence-corrected chi connectivity index (χ0v) is 7.83. The number of nitrogens with two attached hydrogens (primary N) is 1. The van der Waals surface area contributed by atoms with Gasteiger partial charge in [-0.05, 0) is 10.4 Å². The number of rotatable bonds is 3. The predicted octanol–water partition coefficient (Wildman–Crippen LogP) is -0.968. The van der Waals surface area contributed by atoms with Crippen LogP contribution in [-0.4, -0.2) is 36.3 Å². The summed E-state index contributed by atoms with van der Waals surface area (Å²) in [6.07, 6.45) is 3.55. The number of aryl methyl sites for hydroxylation is 1. The molecule has 2 aromatic rings. The highest BCUT2D eigenvalue weighted by Gasteiger charge is 2.11. The highest BCUT2D eigenvalue weighted by Crippen LogP contribution is 2.10. The molecular formula is C7H11N7. The SMILES string of the molecule is Cn1ccnc1-c1nnnn1CCN. The number of hydrogen-bond donors (Lipinski definition) is 1. The first-order valence-electron chi connectivity index (χ1n) is 4.27. The molecule has 2 rings (SSSR count). The normalized spacial score (nSPS) is 10.7. The standard InChI is InChI=1S/C7H11N7/c1-13-5-3-9-6(13)7-10-11-12-14(7)4-2-8/h3,5H,2,4,8H2,1H3. The van der Waals surface area contributed by atoms with Crippen molar-refractivity contribution in [1.82, 2.24) is 29.8 Å². The molecule has 0 unspecified atom stereocenters. The van der Waals surface area contributed by atoms with Gasteiger partial charge in [0.1, 0.15) is 0 Å². The first-order chi connectivity index (χ1) is 6.83. The molecule has 2 N–H and O–H groups in total. The first kappa shape index (κ1) is 8.82. The maximum atomic E-state index is 5.44. The number of imidazole rings is 1. The summed E-state index contributed by atoms with van der Waals surface area (Å²) in [5.41, 5.74) is 5.44. The lowest BCUT2D eigenvalue weighted by molar-refractivity contribution is 0.599. The van der Waals surface area contributed by atoms with Gasteiger partial charge in [-0.1, -0.05) is 0 Å². The Morgan fingerprint density at radius 3 is 2.93 bits per heavy atom. The zero-order valence-electron chi connectivity index (χ0n) is 7.83. The van der Waals surface area contributed by atoms with E-state index in [9.17, 15) is 0 Å². The number of aromatic nitrogens is 6. The van der Waals surface area contributed by atoms with Crippen LogP contribution in [0.1, 0.15) is 0 Å². The molecule has 0 aliphatic carbocycles. The predicted molar refractivity (Wildman–Crippen MR) is 49.1 cm³/mol. The minimum Gasteiger partial charge on any atom is -0.331 e. The second-order valence-corrected chi connectivity index (χ2v) is 2.88. The molecule has 0 aromatic carbocycles. The lowest BCUT2D eigenvalue weighted by atomic mass is 10.5. The van der Waals surface area contributed by atoms with Gasteiger partial charge in [0.05, 0.1) is 6.54 Å². The summed E-state index contributed by atoms with van der Waals surface area (Å²) in [5, 5.41) is 11.3. The fourth-order valence-corrected chi connectivity index (χ4v) is 1.22. The first-order valence-corrected chi connectivity index (χ1v) is 4.27. The molecule has 0 amide bonds. The van der Waals surface area contributed by atoms with Crippen LogP contribution in [0.25, 0.3) is 11.6 Å². The van der Waals surface area contributed by atoms with Crippen LogP contribution < -0.4 is 5.73 Å². The van der Waals surface area contributed by atoms with Gasteiger partial charge in [0.15, 0.2) is 5.82 Å². The van der Waals surface area contributed by atoms with Crippen molar-refractivity contribution in [2.24, 2.45) is 12.8 Å². The third kappa shape index (κ3) is 1.37. The van der Waals surface area contributed by atoms with Crippen molar-refractivity contribution in [3.8, 4) is 11.6 Å². The van der Waals surface area contributed by atoms with Crippen LogP contribution in [0.4, 0.5) is 0 Å². The van der Waals surface area contributed by atoms with Gasteiger partial charge in [-0.3, -0.25) is 0 Å². The molecule has 0 saturated heterocycles. The summed E-state index contributed by atoms with van der Waals surface area (Å²) in [7, 11) is 1.89. The second-order valence-electron chi connectivity index (χ2n) is 2.88. The topological polar surface area (TPSA) is 87.4 Å². The van der Waals surface area contributed by atoms with Crippen molar-refractivity contribution in [2.45, 2.75) is 6.54 Å². The van der Waals surface area contributed by atoms with E-state index in [0.29, 0.717) is 18.9 Å². The molecule has 0 atom stereocenters. The molecular weight excluding hydrogens is 182 g/mol.